The van der Waals surface area contributed by atoms with Gasteiger partial charge in [0.25, 0.3) is 0 Å². The standard InChI is InChI=1S/C16H18N6O2/c1-3-4-9-24-16(23)11-5-7-12(8-6-11)19-14-13-15(18-10-17-14)22(2)21-20-13/h5-8,10H,3-4,9H2,1-2H3,(H,17,18,19). The summed E-state index contributed by atoms with van der Waals surface area (Å²) < 4.78 is 6.77. The predicted octanol–water partition coefficient (Wildman–Crippen LogP) is 2.46. The molecule has 24 heavy (non-hydrogen) atoms. The maximum absolute atomic E-state index is 11.9. The molecular weight excluding hydrogens is 308 g/mol. The molecule has 0 aliphatic heterocycles. The maximum Gasteiger partial charge on any atom is 0.338 e. The smallest absolute Gasteiger partial charge is 0.338 e. The topological polar surface area (TPSA) is 94.8 Å². The molecule has 0 amide bonds. The molecule has 0 radical (unpaired) electrons. The summed E-state index contributed by atoms with van der Waals surface area (Å²) in [5.41, 5.74) is 2.53. The number of benzene rings is 1. The van der Waals surface area contributed by atoms with E-state index in [1.165, 1.54) is 6.33 Å². The highest BCUT2D eigenvalue weighted by atomic mass is 16.5. The van der Waals surface area contributed by atoms with Crippen LogP contribution in [0.2, 0.25) is 0 Å². The molecule has 8 heteroatoms. The van der Waals surface area contributed by atoms with Gasteiger partial charge in [-0.15, -0.1) is 5.10 Å². The van der Waals surface area contributed by atoms with E-state index in [9.17, 15) is 4.79 Å². The van der Waals surface area contributed by atoms with Crippen LogP contribution in [0.15, 0.2) is 30.6 Å². The summed E-state index contributed by atoms with van der Waals surface area (Å²) in [6.45, 7) is 2.50. The second kappa shape index (κ2) is 7.03. The van der Waals surface area contributed by atoms with E-state index in [1.807, 2.05) is 0 Å². The van der Waals surface area contributed by atoms with Crippen molar-refractivity contribution >= 4 is 28.6 Å². The number of hydrogen-bond acceptors (Lipinski definition) is 7. The molecular formula is C16H18N6O2. The Hall–Kier alpha value is -3.03. The van der Waals surface area contributed by atoms with Gasteiger partial charge >= 0.3 is 5.97 Å². The molecule has 124 valence electrons. The molecule has 0 bridgehead atoms. The molecule has 0 saturated heterocycles. The zero-order valence-electron chi connectivity index (χ0n) is 13.6. The highest BCUT2D eigenvalue weighted by Gasteiger charge is 2.11. The summed E-state index contributed by atoms with van der Waals surface area (Å²) in [6.07, 6.45) is 3.31. The van der Waals surface area contributed by atoms with Crippen LogP contribution in [0, 0.1) is 0 Å². The Kier molecular flexibility index (Phi) is 4.64. The average Bonchev–Trinajstić information content (AvgIpc) is 2.98. The van der Waals surface area contributed by atoms with Crippen LogP contribution in [0.5, 0.6) is 0 Å². The molecule has 1 aromatic carbocycles. The van der Waals surface area contributed by atoms with Crippen LogP contribution in [0.25, 0.3) is 11.2 Å². The van der Waals surface area contributed by atoms with Crippen LogP contribution < -0.4 is 5.32 Å². The number of carbonyl (C=O) groups is 1. The van der Waals surface area contributed by atoms with E-state index >= 15 is 0 Å². The lowest BCUT2D eigenvalue weighted by molar-refractivity contribution is 0.0500. The van der Waals surface area contributed by atoms with Crippen molar-refractivity contribution in [1.29, 1.82) is 0 Å². The van der Waals surface area contributed by atoms with Gasteiger partial charge in [0, 0.05) is 12.7 Å². The van der Waals surface area contributed by atoms with Gasteiger partial charge in [0.05, 0.1) is 12.2 Å². The first-order valence-electron chi connectivity index (χ1n) is 7.73. The number of esters is 1. The summed E-state index contributed by atoms with van der Waals surface area (Å²) >= 11 is 0. The number of anilines is 2. The van der Waals surface area contributed by atoms with Gasteiger partial charge in [0.15, 0.2) is 17.0 Å². The lowest BCUT2D eigenvalue weighted by atomic mass is 10.2. The van der Waals surface area contributed by atoms with E-state index in [4.69, 9.17) is 4.74 Å². The van der Waals surface area contributed by atoms with E-state index in [0.29, 0.717) is 29.2 Å². The minimum Gasteiger partial charge on any atom is -0.462 e. The van der Waals surface area contributed by atoms with Crippen LogP contribution in [0.1, 0.15) is 30.1 Å². The number of fused-ring (bicyclic) bond motifs is 1. The van der Waals surface area contributed by atoms with Crippen LogP contribution in [-0.4, -0.2) is 37.5 Å². The fraction of sp³-hybridized carbons (Fsp3) is 0.312. The largest absolute Gasteiger partial charge is 0.462 e. The van der Waals surface area contributed by atoms with Crippen molar-refractivity contribution < 1.29 is 9.53 Å². The summed E-state index contributed by atoms with van der Waals surface area (Å²) in [6, 6.07) is 7.01. The Morgan fingerprint density at radius 1 is 1.25 bits per heavy atom. The Morgan fingerprint density at radius 3 is 2.79 bits per heavy atom. The van der Waals surface area contributed by atoms with E-state index in [-0.39, 0.29) is 5.97 Å². The van der Waals surface area contributed by atoms with E-state index in [1.54, 1.807) is 36.0 Å². The van der Waals surface area contributed by atoms with Crippen molar-refractivity contribution in [2.75, 3.05) is 11.9 Å². The summed E-state index contributed by atoms with van der Waals surface area (Å²) in [5, 5.41) is 11.1. The Labute approximate surface area is 138 Å². The first-order chi connectivity index (χ1) is 11.7. The van der Waals surface area contributed by atoms with Gasteiger partial charge < -0.3 is 10.1 Å². The van der Waals surface area contributed by atoms with Gasteiger partial charge in [-0.3, -0.25) is 0 Å². The molecule has 3 aromatic rings. The SMILES string of the molecule is CCCCOC(=O)c1ccc(Nc2ncnc3c2nnn3C)cc1. The molecule has 8 nitrogen and oxygen atoms in total. The number of carbonyl (C=O) groups excluding carboxylic acids is 1. The number of rotatable bonds is 6. The number of ether oxygens (including phenoxy) is 1. The third-order valence-electron chi connectivity index (χ3n) is 3.50. The second-order valence-corrected chi connectivity index (χ2v) is 5.30. The number of hydrogen-bond donors (Lipinski definition) is 1. The van der Waals surface area contributed by atoms with Crippen molar-refractivity contribution in [3.63, 3.8) is 0 Å². The van der Waals surface area contributed by atoms with Crippen molar-refractivity contribution in [3.8, 4) is 0 Å². The molecule has 0 aliphatic carbocycles. The zero-order chi connectivity index (χ0) is 16.9. The third kappa shape index (κ3) is 3.32. The Bertz CT molecular complexity index is 843. The molecule has 2 heterocycles. The molecule has 1 N–H and O–H groups in total. The number of unbranched alkanes of at least 4 members (excludes halogenated alkanes) is 1. The van der Waals surface area contributed by atoms with Crippen molar-refractivity contribution in [2.24, 2.45) is 7.05 Å². The van der Waals surface area contributed by atoms with Gasteiger partial charge in [-0.1, -0.05) is 18.6 Å². The summed E-state index contributed by atoms with van der Waals surface area (Å²) in [4.78, 5) is 20.2. The molecule has 0 saturated carbocycles. The Balaban J connectivity index is 1.73. The van der Waals surface area contributed by atoms with Gasteiger partial charge in [-0.25, -0.2) is 19.4 Å². The monoisotopic (exact) mass is 326 g/mol. The summed E-state index contributed by atoms with van der Waals surface area (Å²) in [5.74, 6) is 0.250. The molecule has 3 rings (SSSR count). The van der Waals surface area contributed by atoms with Crippen LogP contribution in [0.3, 0.4) is 0 Å². The van der Waals surface area contributed by atoms with Gasteiger partial charge in [0.1, 0.15) is 6.33 Å². The van der Waals surface area contributed by atoms with Crippen LogP contribution in [-0.2, 0) is 11.8 Å². The van der Waals surface area contributed by atoms with Crippen LogP contribution in [0.4, 0.5) is 11.5 Å². The van der Waals surface area contributed by atoms with Gasteiger partial charge in [0.2, 0.25) is 0 Å². The normalized spacial score (nSPS) is 10.8. The van der Waals surface area contributed by atoms with E-state index in [2.05, 4.69) is 32.5 Å². The van der Waals surface area contributed by atoms with Crippen molar-refractivity contribution in [1.82, 2.24) is 25.0 Å². The molecule has 0 atom stereocenters. The fourth-order valence-corrected chi connectivity index (χ4v) is 2.16. The number of aromatic nitrogens is 5. The van der Waals surface area contributed by atoms with Gasteiger partial charge in [-0.2, -0.15) is 0 Å². The molecule has 0 unspecified atom stereocenters. The Morgan fingerprint density at radius 2 is 2.04 bits per heavy atom. The predicted molar refractivity (Wildman–Crippen MR) is 89.0 cm³/mol. The van der Waals surface area contributed by atoms with Crippen molar-refractivity contribution in [2.45, 2.75) is 19.8 Å². The van der Waals surface area contributed by atoms with E-state index < -0.39 is 0 Å². The molecule has 0 spiro atoms. The minimum absolute atomic E-state index is 0.312. The lowest BCUT2D eigenvalue weighted by Crippen LogP contribution is -2.06. The molecule has 2 aromatic heterocycles. The molecule has 0 fully saturated rings. The van der Waals surface area contributed by atoms with E-state index in [0.717, 1.165) is 18.5 Å². The highest BCUT2D eigenvalue weighted by molar-refractivity contribution is 5.90. The first kappa shape index (κ1) is 15.9. The average molecular weight is 326 g/mol. The minimum atomic E-state index is -0.312. The fourth-order valence-electron chi connectivity index (χ4n) is 2.16. The number of nitrogens with one attached hydrogen (secondary N) is 1. The van der Waals surface area contributed by atoms with Crippen LogP contribution >= 0.6 is 0 Å². The molecule has 0 aliphatic rings. The van der Waals surface area contributed by atoms with Gasteiger partial charge in [-0.05, 0) is 30.7 Å². The lowest BCUT2D eigenvalue weighted by Gasteiger charge is -2.07. The highest BCUT2D eigenvalue weighted by Crippen LogP contribution is 2.20. The number of aryl methyl sites for hydroxylation is 1. The zero-order valence-corrected chi connectivity index (χ0v) is 13.6. The third-order valence-corrected chi connectivity index (χ3v) is 3.50. The maximum atomic E-state index is 11.9. The first-order valence-corrected chi connectivity index (χ1v) is 7.73. The summed E-state index contributed by atoms with van der Waals surface area (Å²) in [7, 11) is 1.77. The quantitative estimate of drug-likeness (QED) is 0.549. The second-order valence-electron chi connectivity index (χ2n) is 5.30. The van der Waals surface area contributed by atoms with Crippen molar-refractivity contribution in [3.05, 3.63) is 36.2 Å². The number of nitrogens with zero attached hydrogens (tertiary/aromatic N) is 5.